The Balaban J connectivity index is 1.48. The first-order valence-electron chi connectivity index (χ1n) is 12.6. The van der Waals surface area contributed by atoms with Crippen LogP contribution in [-0.2, 0) is 17.6 Å². The summed E-state index contributed by atoms with van der Waals surface area (Å²) in [7, 11) is 0. The molecular weight excluding hydrogens is 454 g/mol. The lowest BCUT2D eigenvalue weighted by Gasteiger charge is -2.22. The van der Waals surface area contributed by atoms with Crippen LogP contribution in [0, 0.1) is 11.8 Å². The smallest absolute Gasteiger partial charge is 0.225 e. The van der Waals surface area contributed by atoms with Crippen molar-refractivity contribution in [3.05, 3.63) is 71.0 Å². The van der Waals surface area contributed by atoms with Gasteiger partial charge in [-0.05, 0) is 65.4 Å². The third kappa shape index (κ3) is 5.87. The molecule has 3 aromatic rings. The van der Waals surface area contributed by atoms with Gasteiger partial charge in [-0.2, -0.15) is 11.8 Å². The second-order valence-electron chi connectivity index (χ2n) is 10.2. The summed E-state index contributed by atoms with van der Waals surface area (Å²) in [5.41, 5.74) is 6.05. The van der Waals surface area contributed by atoms with Crippen molar-refractivity contribution in [2.75, 3.05) is 11.1 Å². The lowest BCUT2D eigenvalue weighted by Crippen LogP contribution is -2.22. The van der Waals surface area contributed by atoms with Crippen LogP contribution in [0.5, 0.6) is 0 Å². The van der Waals surface area contributed by atoms with Gasteiger partial charge in [-0.1, -0.05) is 44.2 Å². The predicted octanol–water partition coefficient (Wildman–Crippen LogP) is 6.29. The molecule has 0 aliphatic heterocycles. The van der Waals surface area contributed by atoms with Gasteiger partial charge in [0.25, 0.3) is 0 Å². The van der Waals surface area contributed by atoms with E-state index in [-0.39, 0.29) is 11.7 Å². The highest BCUT2D eigenvalue weighted by Crippen LogP contribution is 2.38. The Bertz CT molecular complexity index is 1210. The normalized spacial score (nSPS) is 17.5. The predicted molar refractivity (Wildman–Crippen MR) is 143 cm³/mol. The number of aromatic nitrogens is 2. The fourth-order valence-corrected chi connectivity index (χ4v) is 5.81. The van der Waals surface area contributed by atoms with Crippen LogP contribution in [0.1, 0.15) is 66.7 Å². The summed E-state index contributed by atoms with van der Waals surface area (Å²) in [5.74, 6) is 2.70. The molecule has 182 valence electrons. The molecule has 5 nitrogen and oxygen atoms in total. The first-order chi connectivity index (χ1) is 17.0. The van der Waals surface area contributed by atoms with E-state index in [2.05, 4.69) is 41.3 Å². The number of nitrogens with zero attached hydrogens (tertiary/aromatic N) is 1. The molecule has 0 radical (unpaired) electrons. The summed E-state index contributed by atoms with van der Waals surface area (Å²) in [6.45, 7) is 4.41. The van der Waals surface area contributed by atoms with Crippen molar-refractivity contribution in [1.29, 1.82) is 0 Å². The first kappa shape index (κ1) is 23.9. The molecule has 2 aliphatic carbocycles. The number of thioether (sulfide) groups is 1. The van der Waals surface area contributed by atoms with E-state index in [1.807, 2.05) is 42.1 Å². The third-order valence-electron chi connectivity index (χ3n) is 6.80. The van der Waals surface area contributed by atoms with Crippen LogP contribution in [0.2, 0.25) is 0 Å². The topological polar surface area (TPSA) is 74.8 Å². The molecule has 2 heterocycles. The highest BCUT2D eigenvalue weighted by molar-refractivity contribution is 7.99. The van der Waals surface area contributed by atoms with E-state index in [9.17, 15) is 9.59 Å². The summed E-state index contributed by atoms with van der Waals surface area (Å²) >= 11 is 1.93. The van der Waals surface area contributed by atoms with Gasteiger partial charge in [-0.25, -0.2) is 4.98 Å². The van der Waals surface area contributed by atoms with Crippen molar-refractivity contribution in [2.24, 2.45) is 11.8 Å². The molecule has 1 fully saturated rings. The molecular formula is C29H33N3O2S. The van der Waals surface area contributed by atoms with Gasteiger partial charge in [0.05, 0.1) is 5.69 Å². The van der Waals surface area contributed by atoms with Crippen LogP contribution in [0.3, 0.4) is 0 Å². The number of Topliss-reactive ketones (excluding diaryl/α,β-unsaturated/α-hetero) is 1. The zero-order chi connectivity index (χ0) is 24.4. The molecule has 5 rings (SSSR count). The number of aromatic amines is 1. The number of carbonyl (C=O) groups is 2. The molecule has 1 amide bonds. The monoisotopic (exact) mass is 487 g/mol. The number of hydrogen-bond acceptors (Lipinski definition) is 4. The number of anilines is 1. The second-order valence-corrected chi connectivity index (χ2v) is 11.8. The van der Waals surface area contributed by atoms with Crippen LogP contribution in [-0.4, -0.2) is 32.7 Å². The Kier molecular flexibility index (Phi) is 7.09. The molecule has 1 aromatic carbocycles. The quantitative estimate of drug-likeness (QED) is 0.372. The number of rotatable bonds is 9. The standard InChI is InChI=1S/C29H33N3O2S/c1-18(2)35-17-21-13-24-28(25(33)14-21)23(12-19-6-4-3-5-7-19)29(31-24)22-10-11-30-26(16-22)32-27(34)15-20-8-9-20/h3-7,10-11,16,18,20-21,31H,8-9,12-15,17H2,1-2H3,(H,30,32,34). The minimum absolute atomic E-state index is 0.0214. The van der Waals surface area contributed by atoms with Gasteiger partial charge in [0.15, 0.2) is 5.78 Å². The van der Waals surface area contributed by atoms with E-state index in [1.54, 1.807) is 6.20 Å². The van der Waals surface area contributed by atoms with E-state index >= 15 is 0 Å². The molecule has 6 heteroatoms. The number of pyridine rings is 1. The maximum absolute atomic E-state index is 13.4. The van der Waals surface area contributed by atoms with Gasteiger partial charge in [-0.15, -0.1) is 0 Å². The van der Waals surface area contributed by atoms with Gasteiger partial charge in [0, 0.05) is 42.3 Å². The number of hydrogen-bond donors (Lipinski definition) is 2. The van der Waals surface area contributed by atoms with Gasteiger partial charge in [-0.3, -0.25) is 9.59 Å². The van der Waals surface area contributed by atoms with Crippen molar-refractivity contribution in [3.63, 3.8) is 0 Å². The van der Waals surface area contributed by atoms with Gasteiger partial charge >= 0.3 is 0 Å². The molecule has 0 spiro atoms. The van der Waals surface area contributed by atoms with Crippen LogP contribution < -0.4 is 5.32 Å². The van der Waals surface area contributed by atoms with Gasteiger partial charge in [0.2, 0.25) is 5.91 Å². The number of ketones is 1. The summed E-state index contributed by atoms with van der Waals surface area (Å²) in [6.07, 6.45) is 6.75. The van der Waals surface area contributed by atoms with E-state index in [4.69, 9.17) is 0 Å². The average Bonchev–Trinajstić information content (AvgIpc) is 3.57. The zero-order valence-electron chi connectivity index (χ0n) is 20.5. The largest absolute Gasteiger partial charge is 0.358 e. The molecule has 1 atom stereocenters. The van der Waals surface area contributed by atoms with Crippen LogP contribution >= 0.6 is 11.8 Å². The molecule has 0 bridgehead atoms. The molecule has 2 aliphatic rings. The maximum atomic E-state index is 13.4. The summed E-state index contributed by atoms with van der Waals surface area (Å²) in [4.78, 5) is 33.8. The van der Waals surface area contributed by atoms with E-state index in [1.165, 1.54) is 5.56 Å². The van der Waals surface area contributed by atoms with Crippen molar-refractivity contribution in [3.8, 4) is 11.3 Å². The lowest BCUT2D eigenvalue weighted by atomic mass is 9.84. The number of nitrogens with one attached hydrogen (secondary N) is 2. The number of fused-ring (bicyclic) bond motifs is 1. The first-order valence-corrected chi connectivity index (χ1v) is 13.7. The summed E-state index contributed by atoms with van der Waals surface area (Å²) < 4.78 is 0. The van der Waals surface area contributed by atoms with Gasteiger partial charge in [0.1, 0.15) is 5.82 Å². The molecule has 35 heavy (non-hydrogen) atoms. The average molecular weight is 488 g/mol. The number of H-pyrrole nitrogens is 1. The Morgan fingerprint density at radius 1 is 1.14 bits per heavy atom. The van der Waals surface area contributed by atoms with Crippen molar-refractivity contribution in [1.82, 2.24) is 9.97 Å². The van der Waals surface area contributed by atoms with Crippen molar-refractivity contribution in [2.45, 2.75) is 57.6 Å². The van der Waals surface area contributed by atoms with Crippen molar-refractivity contribution < 1.29 is 9.59 Å². The van der Waals surface area contributed by atoms with Crippen LogP contribution in [0.4, 0.5) is 5.82 Å². The van der Waals surface area contributed by atoms with E-state index in [0.717, 1.165) is 53.1 Å². The second kappa shape index (κ2) is 10.4. The fourth-order valence-electron chi connectivity index (χ4n) is 4.91. The Morgan fingerprint density at radius 2 is 1.94 bits per heavy atom. The molecule has 1 unspecified atom stereocenters. The lowest BCUT2D eigenvalue weighted by molar-refractivity contribution is -0.116. The zero-order valence-corrected chi connectivity index (χ0v) is 21.3. The fraction of sp³-hybridized carbons (Fsp3) is 0.414. The molecule has 1 saturated carbocycles. The summed E-state index contributed by atoms with van der Waals surface area (Å²) in [5, 5.41) is 3.52. The van der Waals surface area contributed by atoms with Crippen LogP contribution in [0.15, 0.2) is 48.7 Å². The Labute approximate surface area is 211 Å². The van der Waals surface area contributed by atoms with Gasteiger partial charge < -0.3 is 10.3 Å². The van der Waals surface area contributed by atoms with E-state index in [0.29, 0.717) is 42.2 Å². The number of carbonyl (C=O) groups excluding carboxylic acids is 2. The maximum Gasteiger partial charge on any atom is 0.225 e. The van der Waals surface area contributed by atoms with E-state index < -0.39 is 0 Å². The molecule has 2 aromatic heterocycles. The molecule has 2 N–H and O–H groups in total. The number of benzene rings is 1. The SMILES string of the molecule is CC(C)SCC1CC(=O)c2c([nH]c(-c3ccnc(NC(=O)CC4CC4)c3)c2Cc2ccccc2)C1. The van der Waals surface area contributed by atoms with Crippen LogP contribution in [0.25, 0.3) is 11.3 Å². The minimum atomic E-state index is 0.0214. The Morgan fingerprint density at radius 3 is 2.69 bits per heavy atom. The Hall–Kier alpha value is -2.86. The van der Waals surface area contributed by atoms with Crippen molar-refractivity contribution >= 4 is 29.3 Å². The molecule has 0 saturated heterocycles. The highest BCUT2D eigenvalue weighted by atomic mass is 32.2. The number of amides is 1. The summed E-state index contributed by atoms with van der Waals surface area (Å²) in [6, 6.07) is 14.2. The minimum Gasteiger partial charge on any atom is -0.358 e. The highest BCUT2D eigenvalue weighted by Gasteiger charge is 2.31. The third-order valence-corrected chi connectivity index (χ3v) is 8.13.